The Balaban J connectivity index is 0.000000447. The third kappa shape index (κ3) is 15.9. The van der Waals surface area contributed by atoms with Crippen LogP contribution in [-0.2, 0) is 51.3 Å². The number of nitrogen functional groups attached to an aromatic ring is 1. The highest BCUT2D eigenvalue weighted by Crippen LogP contribution is 2.32. The number of aliphatic carboxylic acids is 1. The van der Waals surface area contributed by atoms with Gasteiger partial charge in [0, 0.05) is 16.8 Å². The van der Waals surface area contributed by atoms with Crippen LogP contribution in [0.2, 0.25) is 0 Å². The average Bonchev–Trinajstić information content (AvgIpc) is 3.47. The first kappa shape index (κ1) is 42.9. The molecule has 1 aromatic carbocycles. The molecule has 26 heteroatoms. The molecule has 22 nitrogen and oxygen atoms in total. The molecule has 0 bridgehead atoms. The number of aliphatic hydroxyl groups excluding tert-OH is 2. The van der Waals surface area contributed by atoms with Crippen molar-refractivity contribution in [3.8, 4) is 0 Å². The van der Waals surface area contributed by atoms with Gasteiger partial charge in [0.05, 0.1) is 17.5 Å². The predicted molar refractivity (Wildman–Crippen MR) is 161 cm³/mol. The smallest absolute Gasteiger partial charge is 0.320 e. The van der Waals surface area contributed by atoms with Crippen molar-refractivity contribution in [2.24, 2.45) is 5.73 Å². The van der Waals surface area contributed by atoms with E-state index in [4.69, 9.17) is 56.4 Å². The maximum Gasteiger partial charge on any atom is 0.320 e. The highest BCUT2D eigenvalue weighted by molar-refractivity contribution is 7.96. The lowest BCUT2D eigenvalue weighted by molar-refractivity contribution is -0.138. The fraction of sp³-hybridized carbons (Fsp3) is 0.455. The van der Waals surface area contributed by atoms with E-state index >= 15 is 0 Å². The number of anilines is 1. The first-order valence-corrected chi connectivity index (χ1v) is 18.8. The Morgan fingerprint density at radius 2 is 1.54 bits per heavy atom. The molecule has 48 heavy (non-hydrogen) atoms. The summed E-state index contributed by atoms with van der Waals surface area (Å²) in [6, 6.07) is 4.88. The fourth-order valence-corrected chi connectivity index (χ4v) is 5.80. The van der Waals surface area contributed by atoms with E-state index in [1.165, 1.54) is 29.4 Å². The summed E-state index contributed by atoms with van der Waals surface area (Å²) in [5.41, 5.74) is 13.0. The second-order valence-electron chi connectivity index (χ2n) is 9.62. The Bertz CT molecular complexity index is 1780. The van der Waals surface area contributed by atoms with Crippen LogP contribution in [-0.4, -0.2) is 131 Å². The van der Waals surface area contributed by atoms with Gasteiger partial charge in [-0.25, -0.2) is 31.8 Å². The number of fused-ring (bicyclic) bond motifs is 1. The Morgan fingerprint density at radius 1 is 1.02 bits per heavy atom. The molecule has 3 heterocycles. The van der Waals surface area contributed by atoms with Gasteiger partial charge in [-0.3, -0.25) is 22.3 Å². The molecule has 1 aliphatic heterocycles. The normalized spacial score (nSPS) is 20.6. The minimum Gasteiger partial charge on any atom is -0.759 e. The van der Waals surface area contributed by atoms with Crippen LogP contribution in [0.1, 0.15) is 18.2 Å². The van der Waals surface area contributed by atoms with Gasteiger partial charge in [0.2, 0.25) is 10.4 Å². The number of ether oxygens (including phenoxy) is 1. The number of benzene rings is 1. The lowest BCUT2D eigenvalue weighted by Crippen LogP contribution is -2.37. The van der Waals surface area contributed by atoms with Gasteiger partial charge in [0.25, 0.3) is 0 Å². The summed E-state index contributed by atoms with van der Waals surface area (Å²) in [7, 11) is -14.6. The van der Waals surface area contributed by atoms with Crippen molar-refractivity contribution < 1.29 is 72.9 Å². The minimum atomic E-state index is -5.17. The molecule has 0 amide bonds. The molecule has 4 rings (SSSR count). The van der Waals surface area contributed by atoms with Crippen LogP contribution in [0, 0.1) is 6.92 Å². The summed E-state index contributed by atoms with van der Waals surface area (Å²) in [6.07, 6.45) is 1.31. The molecule has 1 unspecified atom stereocenters. The number of rotatable bonds is 8. The van der Waals surface area contributed by atoms with Crippen molar-refractivity contribution in [1.82, 2.24) is 19.5 Å². The van der Waals surface area contributed by atoms with Gasteiger partial charge in [0.1, 0.15) is 57.8 Å². The monoisotopic (exact) mass is 763 g/mol. The summed E-state index contributed by atoms with van der Waals surface area (Å²) in [5.74, 6) is 0.254. The van der Waals surface area contributed by atoms with Gasteiger partial charge in [0.15, 0.2) is 17.7 Å². The number of aliphatic hydroxyl groups is 2. The zero-order chi connectivity index (χ0) is 37.2. The molecule has 0 radical (unpaired) electrons. The van der Waals surface area contributed by atoms with Crippen LogP contribution in [0.5, 0.6) is 0 Å². The quantitative estimate of drug-likeness (QED) is 0.0741. The number of imidazole rings is 1. The fourth-order valence-electron chi connectivity index (χ4n) is 3.67. The van der Waals surface area contributed by atoms with E-state index in [9.17, 15) is 28.0 Å². The van der Waals surface area contributed by atoms with E-state index in [2.05, 4.69) is 15.0 Å². The molecule has 1 aliphatic rings. The molecule has 0 aliphatic carbocycles. The number of carboxylic acid groups (broad SMARTS) is 1. The molecule has 3 aromatic rings. The number of carboxylic acids is 1. The number of hydrogen-bond acceptors (Lipinski definition) is 19. The third-order valence-electron chi connectivity index (χ3n) is 5.85. The molecule has 0 spiro atoms. The van der Waals surface area contributed by atoms with E-state index in [-0.39, 0.29) is 21.6 Å². The van der Waals surface area contributed by atoms with Gasteiger partial charge >= 0.3 is 5.97 Å². The maximum atomic E-state index is 10.8. The molecule has 0 saturated carbocycles. The number of aryl methyl sites for hydroxylation is 1. The van der Waals surface area contributed by atoms with Crippen LogP contribution in [0.4, 0.5) is 5.82 Å². The Labute approximate surface area is 277 Å². The van der Waals surface area contributed by atoms with Crippen LogP contribution < -0.4 is 11.5 Å². The Morgan fingerprint density at radius 3 is 2.02 bits per heavy atom. The van der Waals surface area contributed by atoms with Crippen molar-refractivity contribution in [3.05, 3.63) is 42.5 Å². The third-order valence-corrected chi connectivity index (χ3v) is 8.53. The predicted octanol–water partition coefficient (Wildman–Crippen LogP) is -3.36. The van der Waals surface area contributed by atoms with E-state index in [0.29, 0.717) is 29.1 Å². The lowest BCUT2D eigenvalue weighted by atomic mass is 10.1. The summed E-state index contributed by atoms with van der Waals surface area (Å²) < 4.78 is 105. The van der Waals surface area contributed by atoms with Crippen molar-refractivity contribution in [1.29, 1.82) is 0 Å². The Kier molecular flexibility index (Phi) is 16.1. The molecule has 1 fully saturated rings. The van der Waals surface area contributed by atoms with Crippen LogP contribution >= 0.6 is 0 Å². The van der Waals surface area contributed by atoms with E-state index in [1.807, 2.05) is 13.2 Å². The molecule has 2 aromatic heterocycles. The van der Waals surface area contributed by atoms with Gasteiger partial charge in [-0.1, -0.05) is 17.7 Å². The molecule has 6 atom stereocenters. The van der Waals surface area contributed by atoms with Gasteiger partial charge < -0.3 is 49.7 Å². The second kappa shape index (κ2) is 18.0. The highest BCUT2D eigenvalue weighted by Gasteiger charge is 2.46. The lowest BCUT2D eigenvalue weighted by Gasteiger charge is -2.16. The van der Waals surface area contributed by atoms with Crippen molar-refractivity contribution >= 4 is 64.8 Å². The van der Waals surface area contributed by atoms with Crippen molar-refractivity contribution in [2.45, 2.75) is 48.8 Å². The molecule has 1 saturated heterocycles. The maximum absolute atomic E-state index is 10.8. The van der Waals surface area contributed by atoms with Gasteiger partial charge in [-0.15, -0.1) is 0 Å². The Hall–Kier alpha value is -3.12. The van der Waals surface area contributed by atoms with Gasteiger partial charge in [-0.2, -0.15) is 0 Å². The van der Waals surface area contributed by atoms with E-state index in [1.54, 1.807) is 12.1 Å². The molecular weight excluding hydrogens is 733 g/mol. The highest BCUT2D eigenvalue weighted by atomic mass is 32.3. The minimum absolute atomic E-state index is 0.178. The standard InChI is InChI=1S/C15H22N6O5S.C7H8O3S.2H2O4S/c1-27(3-2-7(16)15(24)25)4-8-10(22)11(23)14(26-8)21-6-20-9-12(17)18-5-19-13(9)21;1-6-2-4-7(5-3-6)11(8,9)10;2*1-5(2,3)4/h5-8,10-11,14,22-23H,2-4,16H2,1H3,(H2-,17,18,19,24,25);2-5H,1H3,(H,8,9,10);2*(H2,1,2,3,4)/p-3/t7-,8+,10+,11+,14+,27?;;;/m0.../s1. The van der Waals surface area contributed by atoms with Crippen LogP contribution in [0.25, 0.3) is 11.2 Å². The van der Waals surface area contributed by atoms with E-state index < -0.39 is 67.5 Å². The number of aromatic nitrogens is 4. The summed E-state index contributed by atoms with van der Waals surface area (Å²) in [4.78, 5) is 22.8. The number of nitrogens with zero attached hydrogens (tertiary/aromatic N) is 4. The van der Waals surface area contributed by atoms with Gasteiger partial charge in [-0.05, 0) is 30.0 Å². The molecule has 272 valence electrons. The molecule has 8 N–H and O–H groups in total. The zero-order valence-corrected chi connectivity index (χ0v) is 28.0. The van der Waals surface area contributed by atoms with Crippen molar-refractivity contribution in [2.75, 3.05) is 23.5 Å². The first-order chi connectivity index (χ1) is 21.8. The second-order valence-corrected chi connectivity index (χ2v) is 15.0. The number of carbonyl (C=O) groups is 1. The van der Waals surface area contributed by atoms with Crippen LogP contribution in [0.3, 0.4) is 0 Å². The van der Waals surface area contributed by atoms with Crippen molar-refractivity contribution in [3.63, 3.8) is 0 Å². The average molecular weight is 764 g/mol. The van der Waals surface area contributed by atoms with Crippen LogP contribution in [0.15, 0.2) is 41.8 Å². The topological polar surface area (TPSA) is 398 Å². The van der Waals surface area contributed by atoms with E-state index in [0.717, 1.165) is 5.56 Å². The summed E-state index contributed by atoms with van der Waals surface area (Å²) in [5, 5.41) is 29.7. The first-order valence-electron chi connectivity index (χ1n) is 12.7. The summed E-state index contributed by atoms with van der Waals surface area (Å²) >= 11 is 0. The summed E-state index contributed by atoms with van der Waals surface area (Å²) in [6.45, 7) is 1.82. The largest absolute Gasteiger partial charge is 0.759 e. The SMILES string of the molecule is C[S+](CC[C@H](N)C(=O)O)C[C@H]1O[C@@H](n2cnc3c(N)ncnc32)[C@H](O)[C@@H]1O.Cc1ccc(S(=O)(=O)[O-])cc1.O=S(=O)([O-])O.O=S(=O)([O-])[O-]. The molecular formula is C22H31N6O16S4-3. The number of nitrogens with two attached hydrogens (primary N) is 2. The zero-order valence-electron chi connectivity index (χ0n) is 24.7. The number of hydrogen-bond donors (Lipinski definition) is 6.